The van der Waals surface area contributed by atoms with E-state index in [-0.39, 0.29) is 16.6 Å². The molecule has 1 aliphatic rings. The van der Waals surface area contributed by atoms with Gasteiger partial charge in [0.1, 0.15) is 0 Å². The second-order valence-electron chi connectivity index (χ2n) is 9.10. The number of benzene rings is 2. The maximum Gasteiger partial charge on any atom is 0.221 e. The topological polar surface area (TPSA) is 83.5 Å². The number of carbonyl (C=O) groups excluding carboxylic acids is 1. The van der Waals surface area contributed by atoms with E-state index in [2.05, 4.69) is 19.2 Å². The summed E-state index contributed by atoms with van der Waals surface area (Å²) in [6.45, 7) is 5.61. The van der Waals surface area contributed by atoms with Crippen molar-refractivity contribution in [3.8, 4) is 0 Å². The first-order valence-corrected chi connectivity index (χ1v) is 13.3. The summed E-state index contributed by atoms with van der Waals surface area (Å²) >= 11 is 0. The zero-order valence-corrected chi connectivity index (χ0v) is 20.1. The van der Waals surface area contributed by atoms with Crippen molar-refractivity contribution in [2.75, 3.05) is 11.1 Å². The first kappa shape index (κ1) is 24.5. The van der Waals surface area contributed by atoms with Gasteiger partial charge in [0.05, 0.1) is 16.8 Å². The molecule has 0 unspecified atom stereocenters. The van der Waals surface area contributed by atoms with E-state index in [1.54, 1.807) is 18.2 Å². The van der Waals surface area contributed by atoms with Gasteiger partial charge in [-0.05, 0) is 42.2 Å². The molecule has 32 heavy (non-hydrogen) atoms. The summed E-state index contributed by atoms with van der Waals surface area (Å²) in [5.74, 6) is -0.777. The third-order valence-corrected chi connectivity index (χ3v) is 8.63. The fourth-order valence-electron chi connectivity index (χ4n) is 5.07. The Bertz CT molecular complexity index is 1030. The molecule has 3 rings (SSSR count). The van der Waals surface area contributed by atoms with Gasteiger partial charge in [0.2, 0.25) is 5.91 Å². The lowest BCUT2D eigenvalue weighted by atomic mass is 9.68. The fraction of sp³-hybridized carbons (Fsp3) is 0.500. The Balaban J connectivity index is 2.27. The van der Waals surface area contributed by atoms with Gasteiger partial charge >= 0.3 is 0 Å². The summed E-state index contributed by atoms with van der Waals surface area (Å²) < 4.78 is 27.4. The highest BCUT2D eigenvalue weighted by atomic mass is 32.2. The minimum atomic E-state index is -3.64. The van der Waals surface area contributed by atoms with Crippen molar-refractivity contribution in [1.29, 1.82) is 0 Å². The zero-order chi connectivity index (χ0) is 23.4. The van der Waals surface area contributed by atoms with Crippen LogP contribution in [0.3, 0.4) is 0 Å². The zero-order valence-electron chi connectivity index (χ0n) is 19.3. The average molecular weight is 458 g/mol. The molecule has 0 spiro atoms. The van der Waals surface area contributed by atoms with Crippen molar-refractivity contribution in [2.24, 2.45) is 5.41 Å². The largest absolute Gasteiger partial charge is 0.392 e. The lowest BCUT2D eigenvalue weighted by Crippen LogP contribution is -2.43. The van der Waals surface area contributed by atoms with Crippen LogP contribution >= 0.6 is 0 Å². The molecule has 174 valence electrons. The van der Waals surface area contributed by atoms with Crippen LogP contribution in [0, 0.1) is 5.41 Å². The summed E-state index contributed by atoms with van der Waals surface area (Å²) in [7, 11) is -3.64. The monoisotopic (exact) mass is 457 g/mol. The van der Waals surface area contributed by atoms with Gasteiger partial charge < -0.3 is 10.4 Å². The normalized spacial score (nSPS) is 21.4. The Labute approximate surface area is 192 Å². The summed E-state index contributed by atoms with van der Waals surface area (Å²) in [6.07, 6.45) is 4.09. The number of aliphatic hydroxyl groups excluding tert-OH is 1. The molecular formula is C26H35NO4S. The molecule has 0 saturated heterocycles. The Kier molecular flexibility index (Phi) is 7.78. The maximum absolute atomic E-state index is 13.7. The van der Waals surface area contributed by atoms with E-state index < -0.39 is 27.3 Å². The number of fused-ring (bicyclic) bond motifs is 1. The highest BCUT2D eigenvalue weighted by Crippen LogP contribution is 2.49. The highest BCUT2D eigenvalue weighted by Gasteiger charge is 2.49. The number of rotatable bonds is 8. The molecule has 0 aromatic heterocycles. The van der Waals surface area contributed by atoms with Gasteiger partial charge in [-0.3, -0.25) is 4.79 Å². The minimum absolute atomic E-state index is 0.0585. The van der Waals surface area contributed by atoms with Crippen LogP contribution in [0.15, 0.2) is 53.4 Å². The summed E-state index contributed by atoms with van der Waals surface area (Å²) in [5, 5.41) is 14.7. The number of carbonyl (C=O) groups is 1. The Hall–Kier alpha value is -2.18. The second-order valence-corrected chi connectivity index (χ2v) is 11.1. The smallest absolute Gasteiger partial charge is 0.221 e. The Morgan fingerprint density at radius 1 is 1.06 bits per heavy atom. The summed E-state index contributed by atoms with van der Waals surface area (Å²) in [6, 6.07) is 14.6. The average Bonchev–Trinajstić information content (AvgIpc) is 2.82. The molecule has 2 atom stereocenters. The molecule has 0 bridgehead atoms. The molecule has 1 amide bonds. The number of amides is 1. The molecule has 0 fully saturated rings. The maximum atomic E-state index is 13.7. The van der Waals surface area contributed by atoms with Crippen molar-refractivity contribution in [3.05, 3.63) is 59.7 Å². The predicted molar refractivity (Wildman–Crippen MR) is 129 cm³/mol. The van der Waals surface area contributed by atoms with Gasteiger partial charge in [0.15, 0.2) is 9.84 Å². The van der Waals surface area contributed by atoms with Gasteiger partial charge in [-0.25, -0.2) is 8.42 Å². The third-order valence-electron chi connectivity index (χ3n) is 6.64. The van der Waals surface area contributed by atoms with E-state index in [1.807, 2.05) is 30.3 Å². The standard InChI is InChI=1S/C26H35NO4S/c1-4-6-15-26(16-7-5-2)18-32(30,31)23-14-13-21(27-19(3)28)17-22(23)24(25(26)29)20-11-9-8-10-12-20/h8-14,17,24-25,29H,4-7,15-16,18H2,1-3H3,(H,27,28)/t24-,25-/m1/s1. The highest BCUT2D eigenvalue weighted by molar-refractivity contribution is 7.91. The van der Waals surface area contributed by atoms with E-state index in [1.165, 1.54) is 6.92 Å². The van der Waals surface area contributed by atoms with E-state index in [4.69, 9.17) is 0 Å². The number of nitrogens with one attached hydrogen (secondary N) is 1. The van der Waals surface area contributed by atoms with E-state index in [9.17, 15) is 18.3 Å². The summed E-state index contributed by atoms with van der Waals surface area (Å²) in [4.78, 5) is 11.9. The lowest BCUT2D eigenvalue weighted by Gasteiger charge is -2.40. The minimum Gasteiger partial charge on any atom is -0.392 e. The number of hydrogen-bond acceptors (Lipinski definition) is 4. The Morgan fingerprint density at radius 3 is 2.25 bits per heavy atom. The molecule has 0 aliphatic carbocycles. The van der Waals surface area contributed by atoms with Crippen LogP contribution in [0.1, 0.15) is 76.3 Å². The molecular weight excluding hydrogens is 422 g/mol. The van der Waals surface area contributed by atoms with Crippen LogP contribution in [-0.4, -0.2) is 31.3 Å². The first-order chi connectivity index (χ1) is 15.2. The van der Waals surface area contributed by atoms with E-state index in [0.29, 0.717) is 24.1 Å². The van der Waals surface area contributed by atoms with Gasteiger partial charge in [-0.1, -0.05) is 69.9 Å². The number of aliphatic hydroxyl groups is 1. The molecule has 5 nitrogen and oxygen atoms in total. The van der Waals surface area contributed by atoms with Gasteiger partial charge in [-0.2, -0.15) is 0 Å². The predicted octanol–water partition coefficient (Wildman–Crippen LogP) is 5.29. The quantitative estimate of drug-likeness (QED) is 0.564. The third kappa shape index (κ3) is 5.07. The number of sulfone groups is 1. The molecule has 1 aliphatic heterocycles. The van der Waals surface area contributed by atoms with Crippen molar-refractivity contribution < 1.29 is 18.3 Å². The fourth-order valence-corrected chi connectivity index (χ4v) is 7.26. The molecule has 2 aromatic carbocycles. The van der Waals surface area contributed by atoms with Gasteiger partial charge in [0.25, 0.3) is 0 Å². The second kappa shape index (κ2) is 10.2. The Morgan fingerprint density at radius 2 is 1.69 bits per heavy atom. The molecule has 1 heterocycles. The first-order valence-electron chi connectivity index (χ1n) is 11.6. The van der Waals surface area contributed by atoms with Crippen molar-refractivity contribution >= 4 is 21.4 Å². The van der Waals surface area contributed by atoms with Crippen molar-refractivity contribution in [3.63, 3.8) is 0 Å². The number of hydrogen-bond donors (Lipinski definition) is 2. The SMILES string of the molecule is CCCCC1(CCCC)CS(=O)(=O)c2ccc(NC(C)=O)cc2[C@@H](c2ccccc2)[C@H]1O. The van der Waals surface area contributed by atoms with Crippen LogP contribution in [0.2, 0.25) is 0 Å². The van der Waals surface area contributed by atoms with Gasteiger partial charge in [0, 0.05) is 23.9 Å². The lowest BCUT2D eigenvalue weighted by molar-refractivity contribution is -0.114. The molecule has 6 heteroatoms. The van der Waals surface area contributed by atoms with Crippen LogP contribution in [-0.2, 0) is 14.6 Å². The molecule has 2 aromatic rings. The van der Waals surface area contributed by atoms with Crippen molar-refractivity contribution in [2.45, 2.75) is 76.2 Å². The van der Waals surface area contributed by atoms with Gasteiger partial charge in [-0.15, -0.1) is 0 Å². The van der Waals surface area contributed by atoms with Crippen LogP contribution in [0.25, 0.3) is 0 Å². The summed E-state index contributed by atoms with van der Waals surface area (Å²) in [5.41, 5.74) is 1.26. The van der Waals surface area contributed by atoms with E-state index >= 15 is 0 Å². The van der Waals surface area contributed by atoms with Crippen LogP contribution < -0.4 is 5.32 Å². The molecule has 0 radical (unpaired) electrons. The van der Waals surface area contributed by atoms with Crippen molar-refractivity contribution in [1.82, 2.24) is 0 Å². The van der Waals surface area contributed by atoms with E-state index in [0.717, 1.165) is 31.2 Å². The van der Waals surface area contributed by atoms with Crippen LogP contribution in [0.4, 0.5) is 5.69 Å². The number of anilines is 1. The molecule has 2 N–H and O–H groups in total. The number of unbranched alkanes of at least 4 members (excludes halogenated alkanes) is 2. The van der Waals surface area contributed by atoms with Crippen LogP contribution in [0.5, 0.6) is 0 Å². The molecule has 0 saturated carbocycles.